The summed E-state index contributed by atoms with van der Waals surface area (Å²) in [5, 5.41) is 0. The van der Waals surface area contributed by atoms with Gasteiger partial charge in [0.1, 0.15) is 24.7 Å². The first-order valence-electron chi connectivity index (χ1n) is 6.14. The number of rotatable bonds is 5. The molecule has 2 nitrogen and oxygen atoms in total. The first-order chi connectivity index (χ1) is 9.97. The maximum atomic E-state index is 12.8. The summed E-state index contributed by atoms with van der Waals surface area (Å²) in [5.74, 6) is 0.430. The Morgan fingerprint density at radius 1 is 0.905 bits per heavy atom. The van der Waals surface area contributed by atoms with Gasteiger partial charge < -0.3 is 9.47 Å². The summed E-state index contributed by atoms with van der Waals surface area (Å²) in [7, 11) is 0. The molecule has 0 atom stereocenters. The lowest BCUT2D eigenvalue weighted by molar-refractivity contribution is -0.139. The van der Waals surface area contributed by atoms with Crippen LogP contribution in [-0.4, -0.2) is 13.2 Å². The molecule has 0 amide bonds. The molecule has 112 valence electrons. The summed E-state index contributed by atoms with van der Waals surface area (Å²) in [5.41, 5.74) is -0.785. The minimum absolute atomic E-state index is 0.0274. The Morgan fingerprint density at radius 2 is 1.62 bits per heavy atom. The van der Waals surface area contributed by atoms with Crippen LogP contribution in [0.2, 0.25) is 0 Å². The quantitative estimate of drug-likeness (QED) is 0.704. The molecule has 0 bridgehead atoms. The maximum absolute atomic E-state index is 12.8. The first kappa shape index (κ1) is 15.7. The molecule has 0 aliphatic rings. The van der Waals surface area contributed by atoms with Crippen molar-refractivity contribution in [3.05, 3.63) is 58.6 Å². The Kier molecular flexibility index (Phi) is 5.12. The lowest BCUT2D eigenvalue weighted by atomic mass is 10.2. The number of alkyl halides is 3. The fraction of sp³-hybridized carbons (Fsp3) is 0.200. The molecule has 0 aromatic heterocycles. The molecule has 0 radical (unpaired) electrons. The van der Waals surface area contributed by atoms with E-state index in [9.17, 15) is 13.2 Å². The molecule has 0 unspecified atom stereocenters. The molecule has 0 spiro atoms. The third-order valence-electron chi connectivity index (χ3n) is 2.60. The zero-order valence-electron chi connectivity index (χ0n) is 10.9. The average molecular weight is 361 g/mol. The predicted molar refractivity (Wildman–Crippen MR) is 76.6 cm³/mol. The van der Waals surface area contributed by atoms with Crippen LogP contribution in [0.25, 0.3) is 0 Å². The van der Waals surface area contributed by atoms with Crippen LogP contribution in [0.3, 0.4) is 0 Å². The van der Waals surface area contributed by atoms with Crippen LogP contribution in [0.4, 0.5) is 13.2 Å². The van der Waals surface area contributed by atoms with E-state index in [-0.39, 0.29) is 19.0 Å². The summed E-state index contributed by atoms with van der Waals surface area (Å²) in [4.78, 5) is 0. The van der Waals surface area contributed by atoms with E-state index in [2.05, 4.69) is 15.9 Å². The number of hydrogen-bond acceptors (Lipinski definition) is 2. The smallest absolute Gasteiger partial charge is 0.419 e. The van der Waals surface area contributed by atoms with Gasteiger partial charge in [0.25, 0.3) is 0 Å². The van der Waals surface area contributed by atoms with Crippen LogP contribution in [0.15, 0.2) is 53.0 Å². The van der Waals surface area contributed by atoms with E-state index in [4.69, 9.17) is 9.47 Å². The molecule has 2 rings (SSSR count). The Balaban J connectivity index is 1.90. The Labute approximate surface area is 128 Å². The van der Waals surface area contributed by atoms with Crippen molar-refractivity contribution in [1.82, 2.24) is 0 Å². The zero-order chi connectivity index (χ0) is 15.3. The number of hydrogen-bond donors (Lipinski definition) is 0. The van der Waals surface area contributed by atoms with Gasteiger partial charge in [0, 0.05) is 4.47 Å². The fourth-order valence-electron chi connectivity index (χ4n) is 1.69. The van der Waals surface area contributed by atoms with Crippen molar-refractivity contribution in [3.8, 4) is 11.5 Å². The van der Waals surface area contributed by atoms with Gasteiger partial charge in [-0.05, 0) is 30.3 Å². The van der Waals surface area contributed by atoms with E-state index < -0.39 is 11.7 Å². The number of para-hydroxylation sites is 1. The fourth-order valence-corrected chi connectivity index (χ4v) is 2.07. The summed E-state index contributed by atoms with van der Waals surface area (Å²) < 4.78 is 49.7. The summed E-state index contributed by atoms with van der Waals surface area (Å²) in [6.07, 6.45) is -4.43. The third-order valence-corrected chi connectivity index (χ3v) is 3.09. The van der Waals surface area contributed by atoms with E-state index in [1.54, 1.807) is 18.2 Å². The van der Waals surface area contributed by atoms with Crippen molar-refractivity contribution in [3.63, 3.8) is 0 Å². The molecule has 0 N–H and O–H groups in total. The van der Waals surface area contributed by atoms with Crippen LogP contribution >= 0.6 is 15.9 Å². The van der Waals surface area contributed by atoms with Crippen LogP contribution in [0, 0.1) is 0 Å². The highest BCUT2D eigenvalue weighted by Gasteiger charge is 2.33. The SMILES string of the molecule is FC(F)(F)c1ccccc1OCCOc1cccc(Br)c1. The molecule has 0 aliphatic carbocycles. The first-order valence-corrected chi connectivity index (χ1v) is 6.93. The lowest BCUT2D eigenvalue weighted by Crippen LogP contribution is -2.13. The Hall–Kier alpha value is -1.69. The second kappa shape index (κ2) is 6.85. The molecule has 0 saturated heterocycles. The van der Waals surface area contributed by atoms with Gasteiger partial charge in [-0.25, -0.2) is 0 Å². The monoisotopic (exact) mass is 360 g/mol. The van der Waals surface area contributed by atoms with Gasteiger partial charge in [-0.3, -0.25) is 0 Å². The third kappa shape index (κ3) is 4.67. The Morgan fingerprint density at radius 3 is 2.33 bits per heavy atom. The molecule has 0 heterocycles. The molecule has 0 fully saturated rings. The molecular formula is C15H12BrF3O2. The molecular weight excluding hydrogens is 349 g/mol. The van der Waals surface area contributed by atoms with Gasteiger partial charge in [0.15, 0.2) is 0 Å². The van der Waals surface area contributed by atoms with Crippen LogP contribution in [0.1, 0.15) is 5.56 Å². The average Bonchev–Trinajstić information content (AvgIpc) is 2.43. The van der Waals surface area contributed by atoms with E-state index in [0.717, 1.165) is 10.5 Å². The van der Waals surface area contributed by atoms with Crippen molar-refractivity contribution in [2.24, 2.45) is 0 Å². The standard InChI is InChI=1S/C15H12BrF3O2/c16-11-4-3-5-12(10-11)20-8-9-21-14-7-2-1-6-13(14)15(17,18)19/h1-7,10H,8-9H2. The molecule has 2 aromatic carbocycles. The molecule has 21 heavy (non-hydrogen) atoms. The number of ether oxygens (including phenoxy) is 2. The highest BCUT2D eigenvalue weighted by molar-refractivity contribution is 9.10. The van der Waals surface area contributed by atoms with Gasteiger partial charge in [0.2, 0.25) is 0 Å². The number of halogens is 4. The van der Waals surface area contributed by atoms with Crippen LogP contribution < -0.4 is 9.47 Å². The van der Waals surface area contributed by atoms with Gasteiger partial charge in [-0.1, -0.05) is 34.1 Å². The Bertz CT molecular complexity index is 599. The minimum atomic E-state index is -4.43. The van der Waals surface area contributed by atoms with Gasteiger partial charge in [-0.15, -0.1) is 0 Å². The van der Waals surface area contributed by atoms with Gasteiger partial charge in [-0.2, -0.15) is 13.2 Å². The van der Waals surface area contributed by atoms with Crippen LogP contribution in [0.5, 0.6) is 11.5 Å². The highest BCUT2D eigenvalue weighted by Crippen LogP contribution is 2.35. The van der Waals surface area contributed by atoms with Crippen molar-refractivity contribution < 1.29 is 22.6 Å². The van der Waals surface area contributed by atoms with Crippen molar-refractivity contribution in [2.75, 3.05) is 13.2 Å². The van der Waals surface area contributed by atoms with Gasteiger partial charge in [0.05, 0.1) is 5.56 Å². The normalized spacial score (nSPS) is 11.2. The van der Waals surface area contributed by atoms with E-state index in [1.807, 2.05) is 6.07 Å². The summed E-state index contributed by atoms with van der Waals surface area (Å²) in [6, 6.07) is 12.3. The molecule has 6 heteroatoms. The van der Waals surface area contributed by atoms with Crippen molar-refractivity contribution in [1.29, 1.82) is 0 Å². The molecule has 2 aromatic rings. The maximum Gasteiger partial charge on any atom is 0.419 e. The predicted octanol–water partition coefficient (Wildman–Crippen LogP) is 4.93. The zero-order valence-corrected chi connectivity index (χ0v) is 12.4. The minimum Gasteiger partial charge on any atom is -0.490 e. The molecule has 0 saturated carbocycles. The van der Waals surface area contributed by atoms with E-state index >= 15 is 0 Å². The van der Waals surface area contributed by atoms with Crippen LogP contribution in [-0.2, 0) is 6.18 Å². The highest BCUT2D eigenvalue weighted by atomic mass is 79.9. The van der Waals surface area contributed by atoms with E-state index in [0.29, 0.717) is 5.75 Å². The second-order valence-corrected chi connectivity index (χ2v) is 5.06. The lowest BCUT2D eigenvalue weighted by Gasteiger charge is -2.14. The topological polar surface area (TPSA) is 18.5 Å². The second-order valence-electron chi connectivity index (χ2n) is 4.15. The summed E-state index contributed by atoms with van der Waals surface area (Å²) >= 11 is 3.30. The number of benzene rings is 2. The largest absolute Gasteiger partial charge is 0.490 e. The summed E-state index contributed by atoms with van der Waals surface area (Å²) in [6.45, 7) is 0.183. The molecule has 0 aliphatic heterocycles. The van der Waals surface area contributed by atoms with Crippen molar-refractivity contribution >= 4 is 15.9 Å². The van der Waals surface area contributed by atoms with Gasteiger partial charge >= 0.3 is 6.18 Å². The van der Waals surface area contributed by atoms with Crippen molar-refractivity contribution in [2.45, 2.75) is 6.18 Å². The van der Waals surface area contributed by atoms with E-state index in [1.165, 1.54) is 18.2 Å².